The van der Waals surface area contributed by atoms with Gasteiger partial charge in [-0.25, -0.2) is 0 Å². The van der Waals surface area contributed by atoms with Gasteiger partial charge in [-0.15, -0.1) is 34.5 Å². The third-order valence-electron chi connectivity index (χ3n) is 2.91. The molecule has 0 nitrogen and oxygen atoms in total. The lowest BCUT2D eigenvalue weighted by Gasteiger charge is -2.19. The topological polar surface area (TPSA) is 0 Å². The summed E-state index contributed by atoms with van der Waals surface area (Å²) in [7, 11) is -2.17. The predicted molar refractivity (Wildman–Crippen MR) is 104 cm³/mol. The molecule has 0 aliphatic heterocycles. The number of alkyl halides is 1. The van der Waals surface area contributed by atoms with E-state index in [1.807, 2.05) is 0 Å². The van der Waals surface area contributed by atoms with Crippen molar-refractivity contribution in [1.29, 1.82) is 0 Å². The van der Waals surface area contributed by atoms with E-state index >= 15 is 0 Å². The van der Waals surface area contributed by atoms with Gasteiger partial charge in [0.15, 0.2) is 0 Å². The van der Waals surface area contributed by atoms with Crippen LogP contribution in [0.2, 0.25) is 39.3 Å². The third kappa shape index (κ3) is 16.0. The SMILES string of the molecule is C[Si](C)(C)C#CC1CCC1.C[Si](C)(C)C#CCCCCCl. The highest BCUT2D eigenvalue weighted by atomic mass is 35.5. The largest absolute Gasteiger partial charge is 0.132 e. The second kappa shape index (κ2) is 10.5. The first kappa shape index (κ1) is 20.8. The lowest BCUT2D eigenvalue weighted by Crippen LogP contribution is -2.18. The Morgan fingerprint density at radius 2 is 1.48 bits per heavy atom. The van der Waals surface area contributed by atoms with Crippen LogP contribution in [-0.2, 0) is 0 Å². The average molecular weight is 341 g/mol. The monoisotopic (exact) mass is 340 g/mol. The van der Waals surface area contributed by atoms with E-state index in [4.69, 9.17) is 11.6 Å². The van der Waals surface area contributed by atoms with E-state index in [9.17, 15) is 0 Å². The van der Waals surface area contributed by atoms with Crippen molar-refractivity contribution >= 4 is 27.7 Å². The number of hydrogen-bond acceptors (Lipinski definition) is 0. The lowest BCUT2D eigenvalue weighted by atomic mass is 9.86. The number of rotatable bonds is 3. The molecule has 0 aromatic carbocycles. The minimum atomic E-state index is -1.11. The van der Waals surface area contributed by atoms with E-state index in [1.165, 1.54) is 19.3 Å². The Kier molecular flexibility index (Phi) is 10.5. The van der Waals surface area contributed by atoms with Crippen LogP contribution >= 0.6 is 11.6 Å². The first-order valence-corrected chi connectivity index (χ1v) is 15.8. The highest BCUT2D eigenvalue weighted by Crippen LogP contribution is 2.25. The fraction of sp³-hybridized carbons (Fsp3) is 0.778. The van der Waals surface area contributed by atoms with Crippen LogP contribution in [0.5, 0.6) is 0 Å². The van der Waals surface area contributed by atoms with Crippen molar-refractivity contribution in [3.63, 3.8) is 0 Å². The molecule has 1 rings (SSSR count). The van der Waals surface area contributed by atoms with Crippen LogP contribution in [0.25, 0.3) is 0 Å². The predicted octanol–water partition coefficient (Wildman–Crippen LogP) is 5.94. The first-order chi connectivity index (χ1) is 9.64. The van der Waals surface area contributed by atoms with E-state index in [2.05, 4.69) is 62.2 Å². The molecule has 3 heteroatoms. The molecule has 0 aromatic rings. The van der Waals surface area contributed by atoms with E-state index in [-0.39, 0.29) is 0 Å². The molecule has 0 amide bonds. The fourth-order valence-corrected chi connectivity index (χ4v) is 2.99. The van der Waals surface area contributed by atoms with Crippen molar-refractivity contribution in [2.75, 3.05) is 5.88 Å². The van der Waals surface area contributed by atoms with Gasteiger partial charge in [-0.1, -0.05) is 45.7 Å². The molecule has 1 aliphatic carbocycles. The van der Waals surface area contributed by atoms with Crippen molar-refractivity contribution in [2.24, 2.45) is 5.92 Å². The average Bonchev–Trinajstić information content (AvgIpc) is 2.24. The maximum Gasteiger partial charge on any atom is 0.129 e. The highest BCUT2D eigenvalue weighted by Gasteiger charge is 2.15. The van der Waals surface area contributed by atoms with E-state index in [0.29, 0.717) is 0 Å². The second-order valence-corrected chi connectivity index (χ2v) is 17.7. The quantitative estimate of drug-likeness (QED) is 0.258. The molecular formula is C18H33ClSi2. The van der Waals surface area contributed by atoms with Gasteiger partial charge in [0.2, 0.25) is 0 Å². The zero-order valence-corrected chi connectivity index (χ0v) is 17.7. The van der Waals surface area contributed by atoms with E-state index in [1.54, 1.807) is 0 Å². The molecule has 0 bridgehead atoms. The van der Waals surface area contributed by atoms with Gasteiger partial charge in [0.1, 0.15) is 16.1 Å². The van der Waals surface area contributed by atoms with Gasteiger partial charge in [-0.05, 0) is 25.7 Å². The molecule has 21 heavy (non-hydrogen) atoms. The molecule has 0 radical (unpaired) electrons. The molecular weight excluding hydrogens is 308 g/mol. The van der Waals surface area contributed by atoms with Gasteiger partial charge < -0.3 is 0 Å². The summed E-state index contributed by atoms with van der Waals surface area (Å²) < 4.78 is 0. The summed E-state index contributed by atoms with van der Waals surface area (Å²) >= 11 is 5.53. The van der Waals surface area contributed by atoms with Gasteiger partial charge in [0, 0.05) is 18.2 Å². The fourth-order valence-electron chi connectivity index (χ4n) is 1.51. The maximum absolute atomic E-state index is 5.53. The number of unbranched alkanes of at least 4 members (excludes halogenated alkanes) is 2. The Balaban J connectivity index is 0.000000382. The summed E-state index contributed by atoms with van der Waals surface area (Å²) in [6.07, 6.45) is 7.40. The lowest BCUT2D eigenvalue weighted by molar-refractivity contribution is 0.402. The van der Waals surface area contributed by atoms with Crippen molar-refractivity contribution < 1.29 is 0 Å². The Morgan fingerprint density at radius 1 is 0.905 bits per heavy atom. The molecule has 0 spiro atoms. The number of halogens is 1. The van der Waals surface area contributed by atoms with Gasteiger partial charge in [-0.3, -0.25) is 0 Å². The molecule has 0 aromatic heterocycles. The molecule has 1 fully saturated rings. The Bertz CT molecular complexity index is 389. The van der Waals surface area contributed by atoms with Crippen molar-refractivity contribution in [3.05, 3.63) is 0 Å². The van der Waals surface area contributed by atoms with Crippen molar-refractivity contribution in [2.45, 2.75) is 77.8 Å². The first-order valence-electron chi connectivity index (χ1n) is 8.23. The van der Waals surface area contributed by atoms with Gasteiger partial charge in [0.25, 0.3) is 0 Å². The summed E-state index contributed by atoms with van der Waals surface area (Å²) in [6, 6.07) is 0. The summed E-state index contributed by atoms with van der Waals surface area (Å²) in [5.74, 6) is 8.13. The second-order valence-electron chi connectivity index (χ2n) is 7.85. The summed E-state index contributed by atoms with van der Waals surface area (Å²) in [5, 5.41) is 0. The summed E-state index contributed by atoms with van der Waals surface area (Å²) in [5.41, 5.74) is 6.74. The van der Waals surface area contributed by atoms with Crippen LogP contribution in [0, 0.1) is 28.8 Å². The standard InChI is InChI=1S/C9H17ClSi.C9H16Si/c1-11(2,3)9-7-5-4-6-8-10;1-10(2,3)8-7-9-5-4-6-9/h4-6,8H2,1-3H3;9H,4-6H2,1-3H3. The zero-order valence-electron chi connectivity index (χ0n) is 14.9. The Labute approximate surface area is 140 Å². The molecule has 1 aliphatic rings. The number of hydrogen-bond donors (Lipinski definition) is 0. The zero-order chi connectivity index (χ0) is 16.4. The van der Waals surface area contributed by atoms with Crippen molar-refractivity contribution in [1.82, 2.24) is 0 Å². The van der Waals surface area contributed by atoms with Crippen LogP contribution < -0.4 is 0 Å². The van der Waals surface area contributed by atoms with E-state index in [0.717, 1.165) is 31.1 Å². The summed E-state index contributed by atoms with van der Waals surface area (Å²) in [4.78, 5) is 0. The van der Waals surface area contributed by atoms with Crippen LogP contribution in [0.3, 0.4) is 0 Å². The van der Waals surface area contributed by atoms with Gasteiger partial charge in [0.05, 0.1) is 0 Å². The summed E-state index contributed by atoms with van der Waals surface area (Å²) in [6.45, 7) is 13.7. The Morgan fingerprint density at radius 3 is 1.86 bits per heavy atom. The normalized spacial score (nSPS) is 14.6. The van der Waals surface area contributed by atoms with Crippen LogP contribution in [0.15, 0.2) is 0 Å². The van der Waals surface area contributed by atoms with Crippen LogP contribution in [0.4, 0.5) is 0 Å². The molecule has 0 unspecified atom stereocenters. The Hall–Kier alpha value is -0.156. The molecule has 1 saturated carbocycles. The molecule has 0 N–H and O–H groups in total. The van der Waals surface area contributed by atoms with Crippen molar-refractivity contribution in [3.8, 4) is 22.9 Å². The highest BCUT2D eigenvalue weighted by molar-refractivity contribution is 6.84. The van der Waals surface area contributed by atoms with Gasteiger partial charge in [-0.2, -0.15) is 0 Å². The molecule has 0 saturated heterocycles. The van der Waals surface area contributed by atoms with E-state index < -0.39 is 16.1 Å². The molecule has 120 valence electrons. The molecule has 0 heterocycles. The minimum Gasteiger partial charge on any atom is -0.132 e. The molecule has 0 atom stereocenters. The third-order valence-corrected chi connectivity index (χ3v) is 4.99. The maximum atomic E-state index is 5.53. The van der Waals surface area contributed by atoms with Gasteiger partial charge >= 0.3 is 0 Å². The van der Waals surface area contributed by atoms with Crippen LogP contribution in [-0.4, -0.2) is 22.0 Å². The smallest absolute Gasteiger partial charge is 0.129 e. The minimum absolute atomic E-state index is 0.770. The van der Waals surface area contributed by atoms with Crippen LogP contribution in [0.1, 0.15) is 38.5 Å².